The number of benzene rings is 1. The maximum atomic E-state index is 13.8. The number of esters is 2. The number of ether oxygens (including phenoxy) is 3. The van der Waals surface area contributed by atoms with Gasteiger partial charge in [0.1, 0.15) is 23.3 Å². The average molecular weight is 400 g/mol. The third-order valence-corrected chi connectivity index (χ3v) is 5.03. The maximum Gasteiger partial charge on any atom is 0.340 e. The first kappa shape index (κ1) is 20.1. The van der Waals surface area contributed by atoms with Crippen LogP contribution >= 0.6 is 0 Å². The van der Waals surface area contributed by atoms with Gasteiger partial charge in [-0.05, 0) is 19.9 Å². The van der Waals surface area contributed by atoms with Crippen molar-refractivity contribution in [2.75, 3.05) is 25.7 Å². The van der Waals surface area contributed by atoms with Crippen molar-refractivity contribution in [3.63, 3.8) is 0 Å². The van der Waals surface area contributed by atoms with Gasteiger partial charge in [-0.15, -0.1) is 0 Å². The number of para-hydroxylation sites is 1. The number of fused-ring (bicyclic) bond motifs is 2. The summed E-state index contributed by atoms with van der Waals surface area (Å²) in [5.41, 5.74) is 4.44. The number of nitrogens with two attached hydrogens (primary N) is 1. The van der Waals surface area contributed by atoms with Crippen molar-refractivity contribution in [3.05, 3.63) is 52.6 Å². The maximum absolute atomic E-state index is 13.8. The number of rotatable bonds is 4. The highest BCUT2D eigenvalue weighted by molar-refractivity contribution is 6.23. The Morgan fingerprint density at radius 2 is 1.79 bits per heavy atom. The number of Topliss-reactive ketones (excluding diaryl/α,β-unsaturated/α-hetero) is 1. The molecule has 1 amide bonds. The van der Waals surface area contributed by atoms with Crippen LogP contribution in [0.25, 0.3) is 0 Å². The molecular weight excluding hydrogens is 380 g/mol. The van der Waals surface area contributed by atoms with Gasteiger partial charge in [0.25, 0.3) is 0 Å². The number of carbonyl (C=O) groups is 4. The Labute approximate surface area is 166 Å². The monoisotopic (exact) mass is 400 g/mol. The summed E-state index contributed by atoms with van der Waals surface area (Å²) in [5.74, 6) is -3.02. The molecule has 0 radical (unpaired) electrons. The topological polar surface area (TPSA) is 125 Å². The number of hydrogen-bond acceptors (Lipinski definition) is 8. The van der Waals surface area contributed by atoms with Gasteiger partial charge in [-0.2, -0.15) is 0 Å². The van der Waals surface area contributed by atoms with E-state index in [-0.39, 0.29) is 22.8 Å². The number of amides is 1. The van der Waals surface area contributed by atoms with Crippen LogP contribution in [0.4, 0.5) is 5.69 Å². The summed E-state index contributed by atoms with van der Waals surface area (Å²) < 4.78 is 15.0. The van der Waals surface area contributed by atoms with Crippen LogP contribution in [0.3, 0.4) is 0 Å². The van der Waals surface area contributed by atoms with Gasteiger partial charge >= 0.3 is 11.9 Å². The average Bonchev–Trinajstić information content (AvgIpc) is 2.90. The lowest BCUT2D eigenvalue weighted by atomic mass is 9.66. The first-order chi connectivity index (χ1) is 13.7. The molecular formula is C20H20N2O7. The van der Waals surface area contributed by atoms with Gasteiger partial charge in [0.2, 0.25) is 11.8 Å². The molecule has 2 aliphatic heterocycles. The SMILES string of the molecule is COC(=O)CN1C(=O)[C@@]2(C(C(C)=O)=C(C)OC(N)=C2C(=O)OC)c2ccccc21. The number of nitrogens with zero attached hydrogens (tertiary/aromatic N) is 1. The molecule has 0 aliphatic carbocycles. The summed E-state index contributed by atoms with van der Waals surface area (Å²) in [6.07, 6.45) is 0. The summed E-state index contributed by atoms with van der Waals surface area (Å²) in [6.45, 7) is 2.34. The third-order valence-electron chi connectivity index (χ3n) is 5.03. The van der Waals surface area contributed by atoms with Crippen molar-refractivity contribution in [1.29, 1.82) is 0 Å². The van der Waals surface area contributed by atoms with E-state index in [0.29, 0.717) is 11.3 Å². The predicted molar refractivity (Wildman–Crippen MR) is 100 cm³/mol. The van der Waals surface area contributed by atoms with E-state index in [4.69, 9.17) is 19.9 Å². The van der Waals surface area contributed by atoms with Crippen LogP contribution in [0.1, 0.15) is 19.4 Å². The normalized spacial score (nSPS) is 20.6. The highest BCUT2D eigenvalue weighted by Crippen LogP contribution is 2.54. The second-order valence-electron chi connectivity index (χ2n) is 6.55. The van der Waals surface area contributed by atoms with Gasteiger partial charge in [0.05, 0.1) is 19.8 Å². The number of ketones is 1. The Balaban J connectivity index is 2.42. The van der Waals surface area contributed by atoms with E-state index in [9.17, 15) is 19.2 Å². The molecule has 1 spiro atoms. The van der Waals surface area contributed by atoms with Gasteiger partial charge in [0, 0.05) is 11.3 Å². The first-order valence-corrected chi connectivity index (χ1v) is 8.68. The van der Waals surface area contributed by atoms with Crippen LogP contribution in [0, 0.1) is 0 Å². The van der Waals surface area contributed by atoms with Crippen molar-refractivity contribution in [2.24, 2.45) is 5.73 Å². The minimum absolute atomic E-state index is 0.0445. The van der Waals surface area contributed by atoms with Gasteiger partial charge in [-0.1, -0.05) is 18.2 Å². The van der Waals surface area contributed by atoms with Gasteiger partial charge in [0.15, 0.2) is 5.78 Å². The van der Waals surface area contributed by atoms with Crippen molar-refractivity contribution >= 4 is 29.3 Å². The molecule has 0 fully saturated rings. The fourth-order valence-corrected chi connectivity index (χ4v) is 4.00. The van der Waals surface area contributed by atoms with Crippen LogP contribution < -0.4 is 10.6 Å². The van der Waals surface area contributed by atoms with Crippen molar-refractivity contribution in [1.82, 2.24) is 0 Å². The van der Waals surface area contributed by atoms with E-state index in [2.05, 4.69) is 0 Å². The molecule has 1 aromatic carbocycles. The van der Waals surface area contributed by atoms with E-state index in [1.165, 1.54) is 25.9 Å². The second kappa shape index (κ2) is 7.08. The lowest BCUT2D eigenvalue weighted by molar-refractivity contribution is -0.140. The Bertz CT molecular complexity index is 1010. The fourth-order valence-electron chi connectivity index (χ4n) is 4.00. The number of hydrogen-bond donors (Lipinski definition) is 1. The number of anilines is 1. The molecule has 9 heteroatoms. The van der Waals surface area contributed by atoms with Crippen molar-refractivity contribution in [3.8, 4) is 0 Å². The standard InChI is InChI=1S/C20H20N2O7/c1-10(23)15-11(2)29-17(21)16(18(25)28-4)20(15)12-7-5-6-8-13(12)22(19(20)26)9-14(24)27-3/h5-8H,9,21H2,1-4H3/t20-/m1/s1. The van der Waals surface area contributed by atoms with Gasteiger partial charge in [-0.25, -0.2) is 4.79 Å². The lowest BCUT2D eigenvalue weighted by Crippen LogP contribution is -2.51. The molecule has 1 atom stereocenters. The van der Waals surface area contributed by atoms with E-state index in [0.717, 1.165) is 7.11 Å². The molecule has 0 bridgehead atoms. The van der Waals surface area contributed by atoms with Crippen LogP contribution in [0.15, 0.2) is 47.1 Å². The van der Waals surface area contributed by atoms with E-state index in [1.54, 1.807) is 24.3 Å². The van der Waals surface area contributed by atoms with Crippen LogP contribution in [0.5, 0.6) is 0 Å². The van der Waals surface area contributed by atoms with Gasteiger partial charge in [-0.3, -0.25) is 19.3 Å². The molecule has 2 heterocycles. The minimum atomic E-state index is -1.89. The van der Waals surface area contributed by atoms with Crippen LogP contribution in [-0.4, -0.2) is 44.4 Å². The number of allylic oxidation sites excluding steroid dienone is 1. The second-order valence-corrected chi connectivity index (χ2v) is 6.55. The van der Waals surface area contributed by atoms with E-state index < -0.39 is 35.6 Å². The predicted octanol–water partition coefficient (Wildman–Crippen LogP) is 0.680. The highest BCUT2D eigenvalue weighted by Gasteiger charge is 2.62. The molecule has 9 nitrogen and oxygen atoms in total. The number of methoxy groups -OCH3 is 2. The molecule has 152 valence electrons. The Morgan fingerprint density at radius 1 is 1.14 bits per heavy atom. The molecule has 3 rings (SSSR count). The Morgan fingerprint density at radius 3 is 2.38 bits per heavy atom. The van der Waals surface area contributed by atoms with Crippen LogP contribution in [0.2, 0.25) is 0 Å². The van der Waals surface area contributed by atoms with E-state index in [1.807, 2.05) is 0 Å². The molecule has 0 aromatic heterocycles. The smallest absolute Gasteiger partial charge is 0.340 e. The molecule has 0 unspecified atom stereocenters. The summed E-state index contributed by atoms with van der Waals surface area (Å²) in [5, 5.41) is 0. The third kappa shape index (κ3) is 2.69. The van der Waals surface area contributed by atoms with Crippen LogP contribution in [-0.2, 0) is 38.8 Å². The molecule has 2 aliphatic rings. The lowest BCUT2D eigenvalue weighted by Gasteiger charge is -2.36. The van der Waals surface area contributed by atoms with Gasteiger partial charge < -0.3 is 19.9 Å². The van der Waals surface area contributed by atoms with Crippen molar-refractivity contribution < 1.29 is 33.4 Å². The fraction of sp³-hybridized carbons (Fsp3) is 0.300. The summed E-state index contributed by atoms with van der Waals surface area (Å²) in [6, 6.07) is 6.54. The van der Waals surface area contributed by atoms with Crippen molar-refractivity contribution in [2.45, 2.75) is 19.3 Å². The summed E-state index contributed by atoms with van der Waals surface area (Å²) >= 11 is 0. The summed E-state index contributed by atoms with van der Waals surface area (Å²) in [7, 11) is 2.33. The zero-order chi connectivity index (χ0) is 21.5. The Kier molecular flexibility index (Phi) is 4.91. The minimum Gasteiger partial charge on any atom is -0.468 e. The number of carbonyl (C=O) groups excluding carboxylic acids is 4. The molecule has 0 saturated heterocycles. The zero-order valence-corrected chi connectivity index (χ0v) is 16.4. The van der Waals surface area contributed by atoms with E-state index >= 15 is 0 Å². The molecule has 29 heavy (non-hydrogen) atoms. The quantitative estimate of drug-likeness (QED) is 0.732. The summed E-state index contributed by atoms with van der Waals surface area (Å²) in [4.78, 5) is 52.3. The molecule has 0 saturated carbocycles. The first-order valence-electron chi connectivity index (χ1n) is 8.68. The molecule has 2 N–H and O–H groups in total. The zero-order valence-electron chi connectivity index (χ0n) is 16.4. The Hall–Kier alpha value is -3.62. The molecule has 1 aromatic rings. The highest BCUT2D eigenvalue weighted by atomic mass is 16.5. The largest absolute Gasteiger partial charge is 0.468 e.